The van der Waals surface area contributed by atoms with Crippen LogP contribution < -0.4 is 5.32 Å². The van der Waals surface area contributed by atoms with Gasteiger partial charge in [0.1, 0.15) is 5.82 Å². The maximum Gasteiger partial charge on any atom is 0.255 e. The number of carbonyl (C=O) groups is 1. The van der Waals surface area contributed by atoms with Gasteiger partial charge in [0.25, 0.3) is 5.91 Å². The second-order valence-corrected chi connectivity index (χ2v) is 7.15. The lowest BCUT2D eigenvalue weighted by Gasteiger charge is -2.34. The molecule has 0 unspecified atom stereocenters. The average Bonchev–Trinajstić information content (AvgIpc) is 3.28. The first-order chi connectivity index (χ1) is 13.1. The SMILES string of the molecule is O=C(N[C@H]1C[C@H]2CO[C@@H](CCO)CN2C1)c1cn[nH]c1-c1cccc(F)c1. The topological polar surface area (TPSA) is 90.5 Å². The minimum absolute atomic E-state index is 0.0224. The van der Waals surface area contributed by atoms with Crippen LogP contribution in [0, 0.1) is 5.82 Å². The van der Waals surface area contributed by atoms with Gasteiger partial charge in [-0.1, -0.05) is 12.1 Å². The van der Waals surface area contributed by atoms with Crippen LogP contribution in [0.15, 0.2) is 30.5 Å². The van der Waals surface area contributed by atoms with E-state index in [4.69, 9.17) is 9.84 Å². The number of aliphatic hydroxyl groups is 1. The zero-order valence-electron chi connectivity index (χ0n) is 14.9. The Bertz CT molecular complexity index is 812. The number of hydrogen-bond acceptors (Lipinski definition) is 5. The highest BCUT2D eigenvalue weighted by Crippen LogP contribution is 2.26. The van der Waals surface area contributed by atoms with Crippen molar-refractivity contribution < 1.29 is 19.0 Å². The van der Waals surface area contributed by atoms with Gasteiger partial charge in [0.05, 0.1) is 30.2 Å². The fourth-order valence-corrected chi connectivity index (χ4v) is 3.95. The van der Waals surface area contributed by atoms with Crippen LogP contribution in [-0.4, -0.2) is 70.6 Å². The van der Waals surface area contributed by atoms with Gasteiger partial charge in [-0.3, -0.25) is 14.8 Å². The number of aliphatic hydroxyl groups excluding tert-OH is 1. The number of nitrogens with zero attached hydrogens (tertiary/aromatic N) is 2. The number of hydrogen-bond donors (Lipinski definition) is 3. The van der Waals surface area contributed by atoms with Gasteiger partial charge in [0.15, 0.2) is 0 Å². The van der Waals surface area contributed by atoms with Gasteiger partial charge in [0, 0.05) is 37.3 Å². The first kappa shape index (κ1) is 18.1. The van der Waals surface area contributed by atoms with Crippen LogP contribution in [-0.2, 0) is 4.74 Å². The van der Waals surface area contributed by atoms with Crippen molar-refractivity contribution in [1.29, 1.82) is 0 Å². The first-order valence-electron chi connectivity index (χ1n) is 9.20. The normalized spacial score (nSPS) is 25.3. The van der Waals surface area contributed by atoms with E-state index in [0.717, 1.165) is 19.5 Å². The molecule has 1 amide bonds. The summed E-state index contributed by atoms with van der Waals surface area (Å²) >= 11 is 0. The summed E-state index contributed by atoms with van der Waals surface area (Å²) in [4.78, 5) is 15.1. The summed E-state index contributed by atoms with van der Waals surface area (Å²) in [5, 5.41) is 18.9. The van der Waals surface area contributed by atoms with Gasteiger partial charge in [0.2, 0.25) is 0 Å². The minimum atomic E-state index is -0.362. The van der Waals surface area contributed by atoms with Crippen molar-refractivity contribution in [3.8, 4) is 11.3 Å². The van der Waals surface area contributed by atoms with E-state index in [1.54, 1.807) is 12.1 Å². The standard InChI is InChI=1S/C19H23FN4O3/c20-13-3-1-2-12(6-13)18-17(8-21-23-18)19(26)22-14-7-15-11-27-16(4-5-25)10-24(15)9-14/h1-3,6,8,14-16,25H,4-5,7,9-11H2,(H,21,23)(H,22,26)/t14-,15-,16-/m0/s1. The van der Waals surface area contributed by atoms with Crippen molar-refractivity contribution in [2.75, 3.05) is 26.3 Å². The fraction of sp³-hybridized carbons (Fsp3) is 0.474. The molecule has 0 saturated carbocycles. The Morgan fingerprint density at radius 3 is 3.15 bits per heavy atom. The van der Waals surface area contributed by atoms with Gasteiger partial charge in [-0.05, 0) is 25.0 Å². The summed E-state index contributed by atoms with van der Waals surface area (Å²) in [5.74, 6) is -0.584. The van der Waals surface area contributed by atoms with E-state index < -0.39 is 0 Å². The summed E-state index contributed by atoms with van der Waals surface area (Å²) in [5.41, 5.74) is 1.50. The summed E-state index contributed by atoms with van der Waals surface area (Å²) in [6.45, 7) is 2.27. The number of H-pyrrole nitrogens is 1. The number of ether oxygens (including phenoxy) is 1. The molecule has 2 aliphatic heterocycles. The zero-order valence-corrected chi connectivity index (χ0v) is 14.9. The fourth-order valence-electron chi connectivity index (χ4n) is 3.95. The number of benzene rings is 1. The molecule has 27 heavy (non-hydrogen) atoms. The van der Waals surface area contributed by atoms with Crippen molar-refractivity contribution in [3.63, 3.8) is 0 Å². The molecule has 2 aromatic rings. The van der Waals surface area contributed by atoms with Gasteiger partial charge in [-0.15, -0.1) is 0 Å². The number of morpholine rings is 1. The molecule has 3 N–H and O–H groups in total. The summed E-state index contributed by atoms with van der Waals surface area (Å²) < 4.78 is 19.3. The van der Waals surface area contributed by atoms with Gasteiger partial charge in [-0.2, -0.15) is 5.10 Å². The Morgan fingerprint density at radius 1 is 1.44 bits per heavy atom. The second kappa shape index (κ2) is 7.75. The molecule has 3 heterocycles. The number of fused-ring (bicyclic) bond motifs is 1. The smallest absolute Gasteiger partial charge is 0.255 e. The molecule has 0 aliphatic carbocycles. The van der Waals surface area contributed by atoms with Crippen LogP contribution in [0.2, 0.25) is 0 Å². The van der Waals surface area contributed by atoms with Crippen molar-refractivity contribution in [2.45, 2.75) is 31.0 Å². The molecule has 0 radical (unpaired) electrons. The van der Waals surface area contributed by atoms with Crippen LogP contribution in [0.3, 0.4) is 0 Å². The minimum Gasteiger partial charge on any atom is -0.396 e. The molecule has 0 spiro atoms. The van der Waals surface area contributed by atoms with Crippen molar-refractivity contribution >= 4 is 5.91 Å². The molecule has 7 nitrogen and oxygen atoms in total. The van der Waals surface area contributed by atoms with E-state index in [9.17, 15) is 9.18 Å². The number of aromatic nitrogens is 2. The molecule has 2 aliphatic rings. The second-order valence-electron chi connectivity index (χ2n) is 7.15. The molecule has 0 bridgehead atoms. The third-order valence-electron chi connectivity index (χ3n) is 5.27. The molecule has 2 saturated heterocycles. The van der Waals surface area contributed by atoms with Crippen LogP contribution in [0.1, 0.15) is 23.2 Å². The van der Waals surface area contributed by atoms with E-state index in [0.29, 0.717) is 29.8 Å². The van der Waals surface area contributed by atoms with Crippen LogP contribution in [0.4, 0.5) is 4.39 Å². The van der Waals surface area contributed by atoms with E-state index in [-0.39, 0.29) is 36.5 Å². The number of nitrogens with one attached hydrogen (secondary N) is 2. The maximum atomic E-state index is 13.5. The lowest BCUT2D eigenvalue weighted by Crippen LogP contribution is -2.46. The molecular weight excluding hydrogens is 351 g/mol. The number of carbonyl (C=O) groups excluding carboxylic acids is 1. The van der Waals surface area contributed by atoms with Crippen LogP contribution in [0.25, 0.3) is 11.3 Å². The maximum absolute atomic E-state index is 13.5. The number of halogens is 1. The Hall–Kier alpha value is -2.29. The van der Waals surface area contributed by atoms with E-state index >= 15 is 0 Å². The Labute approximate surface area is 156 Å². The largest absolute Gasteiger partial charge is 0.396 e. The molecular formula is C19H23FN4O3. The highest BCUT2D eigenvalue weighted by molar-refractivity contribution is 5.99. The van der Waals surface area contributed by atoms with Crippen molar-refractivity contribution in [3.05, 3.63) is 41.8 Å². The van der Waals surface area contributed by atoms with Crippen LogP contribution >= 0.6 is 0 Å². The predicted octanol–water partition coefficient (Wildman–Crippen LogP) is 1.17. The van der Waals surface area contributed by atoms with E-state index in [1.807, 2.05) is 0 Å². The molecule has 3 atom stereocenters. The monoisotopic (exact) mass is 374 g/mol. The number of rotatable bonds is 5. The van der Waals surface area contributed by atoms with E-state index in [2.05, 4.69) is 20.4 Å². The lowest BCUT2D eigenvalue weighted by molar-refractivity contribution is -0.0566. The first-order valence-corrected chi connectivity index (χ1v) is 9.20. The summed E-state index contributed by atoms with van der Waals surface area (Å²) in [6, 6.07) is 6.39. The molecule has 1 aromatic heterocycles. The van der Waals surface area contributed by atoms with Gasteiger partial charge in [-0.25, -0.2) is 4.39 Å². The van der Waals surface area contributed by atoms with Crippen molar-refractivity contribution in [2.24, 2.45) is 0 Å². The highest BCUT2D eigenvalue weighted by Gasteiger charge is 2.38. The highest BCUT2D eigenvalue weighted by atomic mass is 19.1. The Morgan fingerprint density at radius 2 is 2.33 bits per heavy atom. The summed E-state index contributed by atoms with van der Waals surface area (Å²) in [7, 11) is 0. The van der Waals surface area contributed by atoms with Crippen LogP contribution in [0.5, 0.6) is 0 Å². The molecule has 8 heteroatoms. The Kier molecular flexibility index (Phi) is 5.20. The molecule has 144 valence electrons. The number of aromatic amines is 1. The lowest BCUT2D eigenvalue weighted by atomic mass is 10.1. The van der Waals surface area contributed by atoms with Gasteiger partial charge >= 0.3 is 0 Å². The predicted molar refractivity (Wildman–Crippen MR) is 96.7 cm³/mol. The van der Waals surface area contributed by atoms with E-state index in [1.165, 1.54) is 18.3 Å². The third-order valence-corrected chi connectivity index (χ3v) is 5.27. The van der Waals surface area contributed by atoms with Crippen molar-refractivity contribution in [1.82, 2.24) is 20.4 Å². The quantitative estimate of drug-likeness (QED) is 0.731. The van der Waals surface area contributed by atoms with Gasteiger partial charge < -0.3 is 15.2 Å². The average molecular weight is 374 g/mol. The molecule has 2 fully saturated rings. The number of amides is 1. The Balaban J connectivity index is 1.42. The molecule has 1 aromatic carbocycles. The zero-order chi connectivity index (χ0) is 18.8. The summed E-state index contributed by atoms with van der Waals surface area (Å²) in [6.07, 6.45) is 2.98. The molecule has 4 rings (SSSR count). The third kappa shape index (κ3) is 3.87.